The van der Waals surface area contributed by atoms with Crippen molar-refractivity contribution in [2.75, 3.05) is 7.11 Å². The molecule has 0 fully saturated rings. The largest absolute Gasteiger partial charge is 0.469 e. The summed E-state index contributed by atoms with van der Waals surface area (Å²) in [6.45, 7) is 4.36. The molecule has 1 amide bonds. The van der Waals surface area contributed by atoms with Crippen LogP contribution in [0.2, 0.25) is 0 Å². The van der Waals surface area contributed by atoms with Crippen molar-refractivity contribution in [3.63, 3.8) is 0 Å². The molecule has 1 rings (SSSR count). The topological polar surface area (TPSA) is 103 Å². The number of nitrogens with one attached hydrogen (secondary N) is 1. The number of furan rings is 1. The van der Waals surface area contributed by atoms with Crippen LogP contribution in [0.5, 0.6) is 0 Å². The first-order valence-electron chi connectivity index (χ1n) is 5.88. The molecule has 112 valence electrons. The fraction of sp³-hybridized carbons (Fsp3) is 0.500. The first-order valence-corrected chi connectivity index (χ1v) is 7.43. The number of hydrogen-bond donors (Lipinski definition) is 1. The quantitative estimate of drug-likeness (QED) is 0.809. The molecule has 0 unspecified atom stereocenters. The van der Waals surface area contributed by atoms with Crippen molar-refractivity contribution >= 4 is 21.9 Å². The summed E-state index contributed by atoms with van der Waals surface area (Å²) in [4.78, 5) is 23.2. The Morgan fingerprint density at radius 2 is 1.95 bits per heavy atom. The van der Waals surface area contributed by atoms with Crippen LogP contribution in [0.15, 0.2) is 16.7 Å². The number of amides is 1. The highest BCUT2D eigenvalue weighted by atomic mass is 32.2. The first-order chi connectivity index (χ1) is 9.20. The molecule has 8 heteroatoms. The average molecular weight is 303 g/mol. The Bertz CT molecular complexity index is 603. The number of esters is 1. The molecule has 0 spiro atoms. The number of rotatable bonds is 5. The molecule has 0 aliphatic carbocycles. The zero-order chi connectivity index (χ0) is 15.5. The van der Waals surface area contributed by atoms with Gasteiger partial charge in [-0.3, -0.25) is 9.59 Å². The van der Waals surface area contributed by atoms with Gasteiger partial charge in [-0.1, -0.05) is 6.92 Å². The highest BCUT2D eigenvalue weighted by Gasteiger charge is 2.33. The summed E-state index contributed by atoms with van der Waals surface area (Å²) in [6, 6.07) is 1.54. The molecule has 1 aromatic heterocycles. The normalized spacial score (nSPS) is 14.4. The van der Waals surface area contributed by atoms with Gasteiger partial charge in [-0.15, -0.1) is 0 Å². The van der Waals surface area contributed by atoms with E-state index < -0.39 is 33.1 Å². The van der Waals surface area contributed by atoms with Crippen LogP contribution in [0.4, 0.5) is 0 Å². The van der Waals surface area contributed by atoms with E-state index >= 15 is 0 Å². The number of methoxy groups -OCH3 is 1. The molecule has 1 heterocycles. The molecule has 0 saturated carbocycles. The number of sulfonamides is 1. The molecule has 0 aliphatic rings. The van der Waals surface area contributed by atoms with Gasteiger partial charge in [-0.25, -0.2) is 13.1 Å². The summed E-state index contributed by atoms with van der Waals surface area (Å²) in [6.07, 6.45) is 1.29. The third kappa shape index (κ3) is 3.38. The Hall–Kier alpha value is -1.83. The van der Waals surface area contributed by atoms with Crippen LogP contribution >= 0.6 is 0 Å². The van der Waals surface area contributed by atoms with Crippen molar-refractivity contribution in [3.05, 3.63) is 23.7 Å². The van der Waals surface area contributed by atoms with Crippen molar-refractivity contribution < 1.29 is 27.2 Å². The summed E-state index contributed by atoms with van der Waals surface area (Å²) in [5, 5.41) is -1.12. The summed E-state index contributed by atoms with van der Waals surface area (Å²) in [7, 11) is -2.85. The second kappa shape index (κ2) is 6.08. The summed E-state index contributed by atoms with van der Waals surface area (Å²) < 4.78 is 35.3. The molecular weight excluding hydrogens is 286 g/mol. The van der Waals surface area contributed by atoms with E-state index in [4.69, 9.17) is 4.42 Å². The Kier molecular flexibility index (Phi) is 4.93. The molecule has 1 aromatic rings. The number of hydrogen-bond acceptors (Lipinski definition) is 6. The second-order valence-electron chi connectivity index (χ2n) is 4.43. The number of aryl methyl sites for hydroxylation is 1. The third-order valence-corrected chi connectivity index (χ3v) is 4.93. The van der Waals surface area contributed by atoms with E-state index in [9.17, 15) is 18.0 Å². The zero-order valence-corrected chi connectivity index (χ0v) is 12.5. The lowest BCUT2D eigenvalue weighted by Crippen LogP contribution is -2.42. The fourth-order valence-corrected chi connectivity index (χ4v) is 2.71. The SMILES string of the molecule is COC(=O)[C@@H](C)[C@H](C)S(=O)(=O)NC(=O)c1occc1C. The average Bonchev–Trinajstić information content (AvgIpc) is 2.81. The standard InChI is InChI=1S/C12H17NO6S/c1-7-5-6-19-10(7)11(14)13-20(16,17)9(3)8(2)12(15)18-4/h5-6,8-9H,1-4H3,(H,13,14)/t8-,9-/m0/s1. The maximum Gasteiger partial charge on any atom is 0.309 e. The molecule has 0 bridgehead atoms. The van der Waals surface area contributed by atoms with Gasteiger partial charge in [0.1, 0.15) is 0 Å². The summed E-state index contributed by atoms with van der Waals surface area (Å²) in [5.74, 6) is -2.50. The minimum Gasteiger partial charge on any atom is -0.469 e. The predicted molar refractivity (Wildman–Crippen MR) is 70.5 cm³/mol. The fourth-order valence-electron chi connectivity index (χ4n) is 1.52. The first kappa shape index (κ1) is 16.2. The van der Waals surface area contributed by atoms with E-state index in [2.05, 4.69) is 4.74 Å². The van der Waals surface area contributed by atoms with Crippen LogP contribution in [0, 0.1) is 12.8 Å². The van der Waals surface area contributed by atoms with Crippen molar-refractivity contribution in [3.8, 4) is 0 Å². The molecule has 0 radical (unpaired) electrons. The van der Waals surface area contributed by atoms with Crippen LogP contribution in [0.3, 0.4) is 0 Å². The maximum absolute atomic E-state index is 12.0. The van der Waals surface area contributed by atoms with E-state index in [0.717, 1.165) is 0 Å². The number of carbonyl (C=O) groups is 2. The van der Waals surface area contributed by atoms with Gasteiger partial charge in [-0.05, 0) is 19.9 Å². The number of ether oxygens (including phenoxy) is 1. The van der Waals surface area contributed by atoms with Gasteiger partial charge in [-0.2, -0.15) is 0 Å². The second-order valence-corrected chi connectivity index (χ2v) is 6.46. The van der Waals surface area contributed by atoms with E-state index in [1.54, 1.807) is 13.0 Å². The molecule has 7 nitrogen and oxygen atoms in total. The van der Waals surface area contributed by atoms with Gasteiger partial charge in [0.15, 0.2) is 5.76 Å². The molecule has 20 heavy (non-hydrogen) atoms. The van der Waals surface area contributed by atoms with Crippen LogP contribution in [-0.2, 0) is 19.6 Å². The Morgan fingerprint density at radius 3 is 2.40 bits per heavy atom. The lowest BCUT2D eigenvalue weighted by atomic mass is 10.1. The lowest BCUT2D eigenvalue weighted by Gasteiger charge is -2.18. The van der Waals surface area contributed by atoms with E-state index in [-0.39, 0.29) is 5.76 Å². The van der Waals surface area contributed by atoms with Crippen LogP contribution in [0.1, 0.15) is 30.0 Å². The molecule has 2 atom stereocenters. The van der Waals surface area contributed by atoms with Gasteiger partial charge in [0.05, 0.1) is 24.5 Å². The van der Waals surface area contributed by atoms with Gasteiger partial charge in [0.2, 0.25) is 10.0 Å². The molecule has 0 aromatic carbocycles. The van der Waals surface area contributed by atoms with Crippen LogP contribution in [0.25, 0.3) is 0 Å². The molecule has 1 N–H and O–H groups in total. The van der Waals surface area contributed by atoms with Gasteiger partial charge in [0.25, 0.3) is 0 Å². The summed E-state index contributed by atoms with van der Waals surface area (Å²) in [5.41, 5.74) is 0.520. The van der Waals surface area contributed by atoms with E-state index in [0.29, 0.717) is 5.56 Å². The van der Waals surface area contributed by atoms with E-state index in [1.807, 2.05) is 4.72 Å². The summed E-state index contributed by atoms with van der Waals surface area (Å²) >= 11 is 0. The van der Waals surface area contributed by atoms with Crippen molar-refractivity contribution in [1.29, 1.82) is 0 Å². The van der Waals surface area contributed by atoms with Gasteiger partial charge < -0.3 is 9.15 Å². The number of carbonyl (C=O) groups excluding carboxylic acids is 2. The van der Waals surface area contributed by atoms with Crippen molar-refractivity contribution in [2.45, 2.75) is 26.0 Å². The van der Waals surface area contributed by atoms with Gasteiger partial charge in [0, 0.05) is 5.56 Å². The predicted octanol–water partition coefficient (Wildman–Crippen LogP) is 0.845. The third-order valence-electron chi connectivity index (χ3n) is 3.07. The van der Waals surface area contributed by atoms with Crippen LogP contribution < -0.4 is 4.72 Å². The minimum atomic E-state index is -4.02. The van der Waals surface area contributed by atoms with Crippen molar-refractivity contribution in [1.82, 2.24) is 4.72 Å². The minimum absolute atomic E-state index is 0.0773. The van der Waals surface area contributed by atoms with Gasteiger partial charge >= 0.3 is 11.9 Å². The highest BCUT2D eigenvalue weighted by molar-refractivity contribution is 7.90. The van der Waals surface area contributed by atoms with Crippen LogP contribution in [-0.4, -0.2) is 32.7 Å². The zero-order valence-electron chi connectivity index (χ0n) is 11.7. The maximum atomic E-state index is 12.0. The molecule has 0 aliphatic heterocycles. The Morgan fingerprint density at radius 1 is 1.35 bits per heavy atom. The highest BCUT2D eigenvalue weighted by Crippen LogP contribution is 2.15. The lowest BCUT2D eigenvalue weighted by molar-refractivity contribution is -0.144. The Balaban J connectivity index is 2.88. The van der Waals surface area contributed by atoms with E-state index in [1.165, 1.54) is 27.2 Å². The van der Waals surface area contributed by atoms with Crippen molar-refractivity contribution in [2.24, 2.45) is 5.92 Å². The Labute approximate surface area is 117 Å². The molecule has 0 saturated heterocycles. The monoisotopic (exact) mass is 303 g/mol. The molecular formula is C12H17NO6S. The smallest absolute Gasteiger partial charge is 0.309 e.